The quantitative estimate of drug-likeness (QED) is 0.544. The minimum atomic E-state index is 0.0718. The Hall–Kier alpha value is -1.68. The molecular weight excluding hydrogens is 395 g/mol. The van der Waals surface area contributed by atoms with E-state index in [-0.39, 0.29) is 17.5 Å². The maximum absolute atomic E-state index is 12.4. The Balaban J connectivity index is 1.60. The molecule has 6 unspecified atom stereocenters. The average molecular weight is 428 g/mol. The highest BCUT2D eigenvalue weighted by molar-refractivity contribution is 7.41. The van der Waals surface area contributed by atoms with Gasteiger partial charge in [0.2, 0.25) is 0 Å². The van der Waals surface area contributed by atoms with Crippen LogP contribution in [0.5, 0.6) is 5.75 Å². The van der Waals surface area contributed by atoms with Gasteiger partial charge < -0.3 is 9.47 Å². The Morgan fingerprint density at radius 2 is 2.20 bits per heavy atom. The van der Waals surface area contributed by atoms with Gasteiger partial charge in [-0.05, 0) is 38.8 Å². The molecule has 0 aromatic heterocycles. The molecule has 4 aliphatic heterocycles. The summed E-state index contributed by atoms with van der Waals surface area (Å²) in [6.07, 6.45) is 3.94. The molecule has 160 valence electrons. The van der Waals surface area contributed by atoms with E-state index in [1.165, 1.54) is 22.5 Å². The van der Waals surface area contributed by atoms with Crippen LogP contribution in [-0.4, -0.2) is 56.4 Å². The van der Waals surface area contributed by atoms with Gasteiger partial charge >= 0.3 is 0 Å². The van der Waals surface area contributed by atoms with E-state index >= 15 is 0 Å². The molecule has 0 saturated carbocycles. The molecule has 0 spiro atoms. The highest BCUT2D eigenvalue weighted by Crippen LogP contribution is 2.53. The summed E-state index contributed by atoms with van der Waals surface area (Å²) >= 11 is 0. The average Bonchev–Trinajstić information content (AvgIpc) is 3.01. The third kappa shape index (κ3) is 2.75. The fraction of sp³-hybridized carbons (Fsp3) is 0.542. The van der Waals surface area contributed by atoms with Gasteiger partial charge in [-0.3, -0.25) is 14.2 Å². The number of carbonyl (C=O) groups excluding carboxylic acids is 1. The second-order valence-corrected chi connectivity index (χ2v) is 9.82. The maximum atomic E-state index is 12.4. The monoisotopic (exact) mass is 427 g/mol. The van der Waals surface area contributed by atoms with Gasteiger partial charge in [0, 0.05) is 47.7 Å². The number of quaternary nitrogens is 1. The Bertz CT molecular complexity index is 971. The van der Waals surface area contributed by atoms with Crippen LogP contribution in [0.2, 0.25) is 0 Å². The standard InChI is InChI=1S/C24H32N2O3P/c1-5-26(3)22-7-6-15(28-4)10-18(22)16-8-9-25-12-19-14(2)29-13-20(24(27)30)17(19)11-21(25)23(16)26/h6-7,10,13-14,17,19,21H,5,8-9,11-12,30H2,1-4H3/q+1. The molecule has 0 bridgehead atoms. The fourth-order valence-corrected chi connectivity index (χ4v) is 6.62. The zero-order valence-electron chi connectivity index (χ0n) is 18.4. The molecule has 30 heavy (non-hydrogen) atoms. The molecule has 1 aromatic rings. The van der Waals surface area contributed by atoms with Crippen LogP contribution in [0.1, 0.15) is 32.3 Å². The number of carbonyl (C=O) groups is 1. The zero-order chi connectivity index (χ0) is 21.2. The SMILES string of the molecule is CC[N+]1(C)C2=C(CCN3CC4C(C)OC=C(C(=O)P)C4CC23)c2cc(OC)ccc21. The number of piperidine rings is 1. The molecule has 1 aromatic carbocycles. The third-order valence-corrected chi connectivity index (χ3v) is 8.41. The lowest BCUT2D eigenvalue weighted by Gasteiger charge is -2.51. The van der Waals surface area contributed by atoms with Crippen molar-refractivity contribution in [3.05, 3.63) is 41.3 Å². The molecule has 6 atom stereocenters. The molecule has 4 heterocycles. The van der Waals surface area contributed by atoms with Crippen LogP contribution < -0.4 is 9.22 Å². The number of rotatable bonds is 3. The Kier molecular flexibility index (Phi) is 4.85. The van der Waals surface area contributed by atoms with Gasteiger partial charge in [0.15, 0.2) is 5.52 Å². The van der Waals surface area contributed by atoms with Gasteiger partial charge in [-0.1, -0.05) is 9.24 Å². The van der Waals surface area contributed by atoms with Crippen molar-refractivity contribution in [1.29, 1.82) is 0 Å². The number of ether oxygens (including phenoxy) is 2. The summed E-state index contributed by atoms with van der Waals surface area (Å²) in [4.78, 5) is 15.0. The topological polar surface area (TPSA) is 38.8 Å². The minimum Gasteiger partial charge on any atom is -0.498 e. The first kappa shape index (κ1) is 20.2. The van der Waals surface area contributed by atoms with E-state index in [4.69, 9.17) is 9.47 Å². The number of likely N-dealkylation sites (N-methyl/N-ethyl adjacent to an activating group) is 1. The van der Waals surface area contributed by atoms with Crippen LogP contribution in [0, 0.1) is 11.8 Å². The van der Waals surface area contributed by atoms with E-state index in [9.17, 15) is 4.79 Å². The van der Waals surface area contributed by atoms with E-state index in [1.807, 2.05) is 0 Å². The summed E-state index contributed by atoms with van der Waals surface area (Å²) in [6, 6.07) is 6.92. The predicted molar refractivity (Wildman–Crippen MR) is 123 cm³/mol. The number of hydrogen-bond acceptors (Lipinski definition) is 4. The Morgan fingerprint density at radius 3 is 2.90 bits per heavy atom. The smallest absolute Gasteiger partial charge is 0.177 e. The summed E-state index contributed by atoms with van der Waals surface area (Å²) in [7, 11) is 6.46. The normalized spacial score (nSPS) is 34.9. The molecule has 5 nitrogen and oxygen atoms in total. The van der Waals surface area contributed by atoms with Gasteiger partial charge in [-0.2, -0.15) is 0 Å². The van der Waals surface area contributed by atoms with Crippen LogP contribution in [0.15, 0.2) is 35.7 Å². The lowest BCUT2D eigenvalue weighted by atomic mass is 9.72. The molecule has 0 radical (unpaired) electrons. The van der Waals surface area contributed by atoms with Crippen LogP contribution in [-0.2, 0) is 9.53 Å². The number of methoxy groups -OCH3 is 1. The van der Waals surface area contributed by atoms with E-state index in [2.05, 4.69) is 53.2 Å². The van der Waals surface area contributed by atoms with Crippen molar-refractivity contribution in [2.75, 3.05) is 33.8 Å². The number of fused-ring (bicyclic) bond motifs is 5. The summed E-state index contributed by atoms with van der Waals surface area (Å²) in [5.41, 5.74) is 6.68. The molecule has 0 aliphatic carbocycles. The van der Waals surface area contributed by atoms with Crippen LogP contribution in [0.3, 0.4) is 0 Å². The number of benzene rings is 1. The zero-order valence-corrected chi connectivity index (χ0v) is 19.5. The second-order valence-electron chi connectivity index (χ2n) is 9.30. The van der Waals surface area contributed by atoms with Gasteiger partial charge in [0.25, 0.3) is 0 Å². The van der Waals surface area contributed by atoms with Gasteiger partial charge in [-0.25, -0.2) is 0 Å². The van der Waals surface area contributed by atoms with Crippen molar-refractivity contribution in [1.82, 2.24) is 9.38 Å². The molecule has 5 rings (SSSR count). The van der Waals surface area contributed by atoms with Crippen molar-refractivity contribution in [2.45, 2.75) is 38.8 Å². The highest BCUT2D eigenvalue weighted by Gasteiger charge is 2.53. The number of nitrogens with zero attached hydrogens (tertiary/aromatic N) is 2. The first-order valence-corrected chi connectivity index (χ1v) is 11.6. The lowest BCUT2D eigenvalue weighted by Crippen LogP contribution is -2.59. The van der Waals surface area contributed by atoms with Crippen LogP contribution >= 0.6 is 9.24 Å². The molecule has 6 heteroatoms. The van der Waals surface area contributed by atoms with Crippen molar-refractivity contribution in [3.8, 4) is 5.75 Å². The molecule has 1 saturated heterocycles. The van der Waals surface area contributed by atoms with E-state index in [0.29, 0.717) is 12.0 Å². The number of allylic oxidation sites excluding steroid dienone is 1. The molecular formula is C24H32N2O3P+. The summed E-state index contributed by atoms with van der Waals surface area (Å²) in [5.74, 6) is 1.56. The third-order valence-electron chi connectivity index (χ3n) is 8.08. The van der Waals surface area contributed by atoms with E-state index in [1.54, 1.807) is 13.4 Å². The van der Waals surface area contributed by atoms with Crippen molar-refractivity contribution in [3.63, 3.8) is 0 Å². The maximum Gasteiger partial charge on any atom is 0.177 e. The summed E-state index contributed by atoms with van der Waals surface area (Å²) in [6.45, 7) is 7.50. The van der Waals surface area contributed by atoms with Crippen LogP contribution in [0.4, 0.5) is 5.69 Å². The van der Waals surface area contributed by atoms with Gasteiger partial charge in [0.1, 0.15) is 17.1 Å². The second kappa shape index (κ2) is 7.19. The lowest BCUT2D eigenvalue weighted by molar-refractivity contribution is -0.110. The molecule has 0 N–H and O–H groups in total. The fourth-order valence-electron chi connectivity index (χ4n) is 6.33. The van der Waals surface area contributed by atoms with Gasteiger partial charge in [-0.15, -0.1) is 0 Å². The van der Waals surface area contributed by atoms with Crippen LogP contribution in [0.25, 0.3) is 5.57 Å². The highest BCUT2D eigenvalue weighted by atomic mass is 31.0. The van der Waals surface area contributed by atoms with E-state index < -0.39 is 0 Å². The number of hydrogen-bond donors (Lipinski definition) is 0. The summed E-state index contributed by atoms with van der Waals surface area (Å²) in [5, 5.41) is 0. The van der Waals surface area contributed by atoms with Gasteiger partial charge in [0.05, 0.1) is 39.1 Å². The first-order valence-electron chi connectivity index (χ1n) is 11.1. The van der Waals surface area contributed by atoms with Crippen molar-refractivity contribution < 1.29 is 14.3 Å². The first-order chi connectivity index (χ1) is 14.4. The largest absolute Gasteiger partial charge is 0.498 e. The summed E-state index contributed by atoms with van der Waals surface area (Å²) < 4.78 is 12.3. The van der Waals surface area contributed by atoms with E-state index in [0.717, 1.165) is 48.3 Å². The molecule has 1 fully saturated rings. The van der Waals surface area contributed by atoms with Crippen molar-refractivity contribution >= 4 is 26.0 Å². The molecule has 4 aliphatic rings. The minimum absolute atomic E-state index is 0.0718. The molecule has 0 amide bonds. The Labute approximate surface area is 181 Å². The van der Waals surface area contributed by atoms with Crippen molar-refractivity contribution in [2.24, 2.45) is 11.8 Å². The predicted octanol–water partition coefficient (Wildman–Crippen LogP) is 3.79. The Morgan fingerprint density at radius 1 is 1.40 bits per heavy atom.